The van der Waals surface area contributed by atoms with Crippen molar-refractivity contribution in [3.05, 3.63) is 78.1 Å². The zero-order chi connectivity index (χ0) is 27.4. The normalized spacial score (nSPS) is 14.0. The van der Waals surface area contributed by atoms with E-state index in [1.807, 2.05) is 6.07 Å². The number of thiazole rings is 1. The van der Waals surface area contributed by atoms with E-state index in [0.717, 1.165) is 36.0 Å². The van der Waals surface area contributed by atoms with Gasteiger partial charge in [-0.1, -0.05) is 23.5 Å². The Bertz CT molecular complexity index is 1580. The van der Waals surface area contributed by atoms with Crippen LogP contribution in [0.15, 0.2) is 71.6 Å². The number of nitrogens with one attached hydrogen (secondary N) is 2. The van der Waals surface area contributed by atoms with Crippen LogP contribution in [-0.4, -0.2) is 70.6 Å². The number of hydrogen-bond acceptors (Lipinski definition) is 8. The third kappa shape index (κ3) is 6.81. The Hall–Kier alpha value is -3.45. The maximum Gasteiger partial charge on any atom is 0.261 e. The van der Waals surface area contributed by atoms with E-state index in [1.54, 1.807) is 36.4 Å². The second-order valence-electron chi connectivity index (χ2n) is 9.03. The molecule has 5 rings (SSSR count). The smallest absolute Gasteiger partial charge is 0.261 e. The fraction of sp³-hybridized carbons (Fsp3) is 0.259. The van der Waals surface area contributed by atoms with Crippen LogP contribution in [0.5, 0.6) is 5.75 Å². The van der Waals surface area contributed by atoms with Gasteiger partial charge in [0.2, 0.25) is 0 Å². The van der Waals surface area contributed by atoms with Gasteiger partial charge in [-0.2, -0.15) is 0 Å². The van der Waals surface area contributed by atoms with E-state index in [-0.39, 0.29) is 29.0 Å². The molecule has 2 N–H and O–H groups in total. The number of carbonyl (C=O) groups excluding carboxylic acids is 1. The van der Waals surface area contributed by atoms with Crippen LogP contribution in [0.3, 0.4) is 0 Å². The number of ether oxygens (including phenoxy) is 1. The lowest BCUT2D eigenvalue weighted by molar-refractivity contribution is 0.0947. The van der Waals surface area contributed by atoms with Gasteiger partial charge in [-0.05, 0) is 54.6 Å². The van der Waals surface area contributed by atoms with Gasteiger partial charge in [-0.15, -0.1) is 12.4 Å². The van der Waals surface area contributed by atoms with Crippen molar-refractivity contribution in [2.45, 2.75) is 4.90 Å². The number of amides is 1. The summed E-state index contributed by atoms with van der Waals surface area (Å²) in [5.41, 5.74) is 1.07. The molecule has 0 atom stereocenters. The number of aromatic nitrogens is 1. The minimum atomic E-state index is -3.82. The van der Waals surface area contributed by atoms with Crippen molar-refractivity contribution in [2.75, 3.05) is 56.0 Å². The molecule has 0 radical (unpaired) electrons. The highest BCUT2D eigenvalue weighted by atomic mass is 35.5. The number of anilines is 2. The molecule has 3 aromatic carbocycles. The molecule has 40 heavy (non-hydrogen) atoms. The number of hydrogen-bond donors (Lipinski definition) is 2. The Morgan fingerprint density at radius 3 is 2.48 bits per heavy atom. The number of para-hydroxylation sites is 1. The second-order valence-corrected chi connectivity index (χ2v) is 11.7. The Morgan fingerprint density at radius 1 is 1.05 bits per heavy atom. The second kappa shape index (κ2) is 12.8. The predicted molar refractivity (Wildman–Crippen MR) is 158 cm³/mol. The van der Waals surface area contributed by atoms with Gasteiger partial charge in [0.15, 0.2) is 5.13 Å². The number of sulfonamides is 1. The average molecular weight is 606 g/mol. The molecule has 1 aliphatic rings. The molecular formula is C27H29ClFN5O4S2. The predicted octanol–water partition coefficient (Wildman–Crippen LogP) is 4.22. The number of methoxy groups -OCH3 is 1. The van der Waals surface area contributed by atoms with Crippen LogP contribution in [0.1, 0.15) is 10.4 Å². The molecule has 0 spiro atoms. The number of carbonyl (C=O) groups is 1. The lowest BCUT2D eigenvalue weighted by Gasteiger charge is -2.34. The van der Waals surface area contributed by atoms with Gasteiger partial charge in [0, 0.05) is 50.5 Å². The van der Waals surface area contributed by atoms with Crippen LogP contribution >= 0.6 is 23.7 Å². The van der Waals surface area contributed by atoms with E-state index in [2.05, 4.69) is 24.8 Å². The van der Waals surface area contributed by atoms with Gasteiger partial charge in [0.05, 0.1) is 16.7 Å². The first-order valence-electron chi connectivity index (χ1n) is 12.4. The largest absolute Gasteiger partial charge is 0.497 e. The number of halogens is 2. The van der Waals surface area contributed by atoms with Gasteiger partial charge in [0.25, 0.3) is 15.9 Å². The summed E-state index contributed by atoms with van der Waals surface area (Å²) in [6.45, 7) is 4.27. The quantitative estimate of drug-likeness (QED) is 0.294. The van der Waals surface area contributed by atoms with Crippen LogP contribution in [0.25, 0.3) is 10.2 Å². The third-order valence-corrected chi connectivity index (χ3v) is 8.94. The van der Waals surface area contributed by atoms with E-state index in [0.29, 0.717) is 35.6 Å². The Labute approximate surface area is 242 Å². The maximum absolute atomic E-state index is 14.0. The first-order chi connectivity index (χ1) is 18.8. The molecule has 9 nitrogen and oxygen atoms in total. The zero-order valence-electron chi connectivity index (χ0n) is 21.7. The zero-order valence-corrected chi connectivity index (χ0v) is 24.1. The summed E-state index contributed by atoms with van der Waals surface area (Å²) in [5.74, 6) is -0.0282. The van der Waals surface area contributed by atoms with E-state index in [9.17, 15) is 17.6 Å². The van der Waals surface area contributed by atoms with Crippen LogP contribution in [0.4, 0.5) is 15.2 Å². The molecule has 212 valence electrons. The Morgan fingerprint density at radius 2 is 1.77 bits per heavy atom. The lowest BCUT2D eigenvalue weighted by atomic mass is 10.2. The van der Waals surface area contributed by atoms with Crippen molar-refractivity contribution in [3.8, 4) is 5.75 Å². The molecule has 0 saturated carbocycles. The molecule has 1 fully saturated rings. The molecule has 1 saturated heterocycles. The van der Waals surface area contributed by atoms with Crippen molar-refractivity contribution in [1.82, 2.24) is 15.2 Å². The van der Waals surface area contributed by atoms with Gasteiger partial charge in [-0.25, -0.2) is 17.8 Å². The summed E-state index contributed by atoms with van der Waals surface area (Å²) in [6, 6.07) is 17.4. The minimum Gasteiger partial charge on any atom is -0.497 e. The van der Waals surface area contributed by atoms with Crippen molar-refractivity contribution in [2.24, 2.45) is 0 Å². The maximum atomic E-state index is 14.0. The molecule has 2 heterocycles. The summed E-state index contributed by atoms with van der Waals surface area (Å²) < 4.78 is 47.9. The van der Waals surface area contributed by atoms with E-state index in [1.165, 1.54) is 42.7 Å². The van der Waals surface area contributed by atoms with Crippen LogP contribution in [0.2, 0.25) is 0 Å². The number of benzene rings is 3. The van der Waals surface area contributed by atoms with Crippen LogP contribution in [-0.2, 0) is 10.0 Å². The van der Waals surface area contributed by atoms with Gasteiger partial charge in [-0.3, -0.25) is 14.4 Å². The van der Waals surface area contributed by atoms with Gasteiger partial charge < -0.3 is 15.0 Å². The van der Waals surface area contributed by atoms with E-state index in [4.69, 9.17) is 4.74 Å². The Balaban J connectivity index is 0.00000370. The monoisotopic (exact) mass is 605 g/mol. The first kappa shape index (κ1) is 29.5. The summed E-state index contributed by atoms with van der Waals surface area (Å²) in [7, 11) is -2.31. The highest BCUT2D eigenvalue weighted by molar-refractivity contribution is 7.92. The topological polar surface area (TPSA) is 104 Å². The fourth-order valence-electron chi connectivity index (χ4n) is 4.32. The summed E-state index contributed by atoms with van der Waals surface area (Å²) in [4.78, 5) is 21.7. The summed E-state index contributed by atoms with van der Waals surface area (Å²) >= 11 is 1.49. The molecule has 0 bridgehead atoms. The fourth-order valence-corrected chi connectivity index (χ4v) is 6.40. The number of nitrogens with zero attached hydrogens (tertiary/aromatic N) is 3. The molecule has 13 heteroatoms. The number of piperazine rings is 1. The first-order valence-corrected chi connectivity index (χ1v) is 14.7. The molecule has 0 unspecified atom stereocenters. The summed E-state index contributed by atoms with van der Waals surface area (Å²) in [5, 5.41) is 3.73. The van der Waals surface area contributed by atoms with Crippen molar-refractivity contribution >= 4 is 60.7 Å². The van der Waals surface area contributed by atoms with Crippen molar-refractivity contribution in [3.63, 3.8) is 0 Å². The van der Waals surface area contributed by atoms with Crippen LogP contribution in [0, 0.1) is 5.82 Å². The van der Waals surface area contributed by atoms with E-state index < -0.39 is 10.0 Å². The SMILES string of the molecule is COc1ccc(S(=O)(=O)Nc2cccc(C(=O)NCCN3CCN(c4nc5c(F)cccc5s4)CC3)c2)cc1.Cl. The van der Waals surface area contributed by atoms with Crippen molar-refractivity contribution < 1.29 is 22.3 Å². The lowest BCUT2D eigenvalue weighted by Crippen LogP contribution is -2.48. The van der Waals surface area contributed by atoms with Gasteiger partial charge >= 0.3 is 0 Å². The molecule has 0 aliphatic carbocycles. The highest BCUT2D eigenvalue weighted by Gasteiger charge is 2.21. The summed E-state index contributed by atoms with van der Waals surface area (Å²) in [6.07, 6.45) is 0. The van der Waals surface area contributed by atoms with Gasteiger partial charge in [0.1, 0.15) is 17.1 Å². The minimum absolute atomic E-state index is 0. The third-order valence-electron chi connectivity index (χ3n) is 6.46. The van der Waals surface area contributed by atoms with E-state index >= 15 is 0 Å². The average Bonchev–Trinajstić information content (AvgIpc) is 3.39. The molecule has 1 aromatic heterocycles. The number of fused-ring (bicyclic) bond motifs is 1. The highest BCUT2D eigenvalue weighted by Crippen LogP contribution is 2.30. The molecule has 1 amide bonds. The van der Waals surface area contributed by atoms with Crippen LogP contribution < -0.4 is 19.7 Å². The molecule has 4 aromatic rings. The van der Waals surface area contributed by atoms with Crippen molar-refractivity contribution in [1.29, 1.82) is 0 Å². The molecule has 1 aliphatic heterocycles. The standard InChI is InChI=1S/C27H28FN5O4S2.ClH/c1-37-21-8-10-22(11-9-21)39(35,36)31-20-5-2-4-19(18-20)26(34)29-12-13-32-14-16-33(17-15-32)27-30-25-23(28)6-3-7-24(25)38-27;/h2-11,18,31H,12-17H2,1H3,(H,29,34);1H. The molecular weight excluding hydrogens is 577 g/mol. The number of rotatable bonds is 9. The Kier molecular flexibility index (Phi) is 9.46.